The number of aliphatic hydroxyl groups is 1. The van der Waals surface area contributed by atoms with Crippen LogP contribution >= 0.6 is 0 Å². The summed E-state index contributed by atoms with van der Waals surface area (Å²) in [5.41, 5.74) is 3.48. The molecule has 1 aromatic heterocycles. The van der Waals surface area contributed by atoms with Crippen molar-refractivity contribution in [1.82, 2.24) is 9.97 Å². The Bertz CT molecular complexity index is 1430. The number of carbonyl (C=O) groups is 2. The van der Waals surface area contributed by atoms with Gasteiger partial charge in [0.05, 0.1) is 34.3 Å². The molecule has 6 nitrogen and oxygen atoms in total. The van der Waals surface area contributed by atoms with Gasteiger partial charge in [-0.1, -0.05) is 47.1 Å². The number of ketones is 1. The van der Waals surface area contributed by atoms with E-state index in [-0.39, 0.29) is 57.6 Å². The first-order valence-corrected chi connectivity index (χ1v) is 17.2. The van der Waals surface area contributed by atoms with E-state index in [2.05, 4.69) is 64.5 Å². The Morgan fingerprint density at radius 2 is 1.55 bits per heavy atom. The van der Waals surface area contributed by atoms with Crippen LogP contribution in [0.5, 0.6) is 0 Å². The lowest BCUT2D eigenvalue weighted by molar-refractivity contribution is -0.202. The van der Waals surface area contributed by atoms with Gasteiger partial charge >= 0.3 is 5.97 Å². The molecule has 0 radical (unpaired) electrons. The molecule has 0 aromatic carbocycles. The minimum Gasteiger partial charge on any atom is -0.459 e. The van der Waals surface area contributed by atoms with E-state index in [1.165, 1.54) is 5.57 Å². The minimum absolute atomic E-state index is 0.0408. The number of hydrogen-bond donors (Lipinski definition) is 1. The molecular formula is C38H56N2O4. The maximum absolute atomic E-state index is 14.6. The lowest BCUT2D eigenvalue weighted by Gasteiger charge is -2.70. The number of rotatable bonds is 3. The van der Waals surface area contributed by atoms with Gasteiger partial charge in [0.25, 0.3) is 0 Å². The number of ether oxygens (including phenoxy) is 1. The molecule has 6 rings (SSSR count). The lowest BCUT2D eigenvalue weighted by Crippen LogP contribution is -2.66. The number of hydrogen-bond acceptors (Lipinski definition) is 6. The van der Waals surface area contributed by atoms with Crippen LogP contribution in [-0.2, 0) is 20.9 Å². The van der Waals surface area contributed by atoms with Gasteiger partial charge in [-0.2, -0.15) is 0 Å². The highest BCUT2D eigenvalue weighted by Gasteiger charge is 2.70. The summed E-state index contributed by atoms with van der Waals surface area (Å²) in [4.78, 5) is 37.6. The Balaban J connectivity index is 1.31. The molecule has 6 heteroatoms. The van der Waals surface area contributed by atoms with E-state index in [0.717, 1.165) is 74.1 Å². The van der Waals surface area contributed by atoms with Gasteiger partial charge in [0.2, 0.25) is 0 Å². The summed E-state index contributed by atoms with van der Waals surface area (Å²) in [5.74, 6) is 0.594. The lowest BCUT2D eigenvalue weighted by atomic mass is 9.33. The molecule has 5 aliphatic carbocycles. The Kier molecular flexibility index (Phi) is 7.22. The van der Waals surface area contributed by atoms with Crippen molar-refractivity contribution in [2.24, 2.45) is 50.2 Å². The zero-order valence-electron chi connectivity index (χ0n) is 29.0. The van der Waals surface area contributed by atoms with Crippen molar-refractivity contribution >= 4 is 11.8 Å². The normalized spacial score (nSPS) is 44.4. The van der Waals surface area contributed by atoms with Crippen molar-refractivity contribution < 1.29 is 19.4 Å². The molecule has 1 aromatic rings. The number of allylic oxidation sites excluding steroid dienone is 2. The molecule has 9 atom stereocenters. The summed E-state index contributed by atoms with van der Waals surface area (Å²) in [6.07, 6.45) is 10.2. The number of aliphatic hydroxyl groups excluding tert-OH is 1. The van der Waals surface area contributed by atoms with Crippen LogP contribution in [0.25, 0.3) is 0 Å². The highest BCUT2D eigenvalue weighted by atomic mass is 16.5. The zero-order valence-corrected chi connectivity index (χ0v) is 29.0. The van der Waals surface area contributed by atoms with E-state index in [0.29, 0.717) is 18.1 Å². The van der Waals surface area contributed by atoms with Gasteiger partial charge in [-0.05, 0) is 130 Å². The molecule has 1 heterocycles. The zero-order chi connectivity index (χ0) is 32.3. The van der Waals surface area contributed by atoms with Crippen LogP contribution in [0.15, 0.2) is 11.6 Å². The van der Waals surface area contributed by atoms with E-state index < -0.39 is 5.41 Å². The molecule has 4 fully saturated rings. The third kappa shape index (κ3) is 4.28. The summed E-state index contributed by atoms with van der Waals surface area (Å²) >= 11 is 0. The van der Waals surface area contributed by atoms with Crippen molar-refractivity contribution in [1.29, 1.82) is 0 Å². The van der Waals surface area contributed by atoms with Gasteiger partial charge in [-0.3, -0.25) is 19.6 Å². The van der Waals surface area contributed by atoms with E-state index in [4.69, 9.17) is 4.74 Å². The Hall–Kier alpha value is -2.08. The van der Waals surface area contributed by atoms with E-state index in [1.807, 2.05) is 20.8 Å². The van der Waals surface area contributed by atoms with E-state index in [1.54, 1.807) is 0 Å². The highest BCUT2D eigenvalue weighted by Crippen LogP contribution is 2.75. The predicted molar refractivity (Wildman–Crippen MR) is 171 cm³/mol. The quantitative estimate of drug-likeness (QED) is 0.354. The molecule has 5 aliphatic rings. The minimum atomic E-state index is -0.613. The average Bonchev–Trinajstić information content (AvgIpc) is 2.94. The molecule has 0 bridgehead atoms. The third-order valence-electron chi connectivity index (χ3n) is 15.0. The van der Waals surface area contributed by atoms with Crippen LogP contribution in [-0.4, -0.2) is 32.9 Å². The largest absolute Gasteiger partial charge is 0.459 e. The van der Waals surface area contributed by atoms with Crippen molar-refractivity contribution in [2.45, 2.75) is 140 Å². The van der Waals surface area contributed by atoms with Gasteiger partial charge in [-0.25, -0.2) is 0 Å². The maximum atomic E-state index is 14.6. The third-order valence-corrected chi connectivity index (χ3v) is 15.0. The van der Waals surface area contributed by atoms with Gasteiger partial charge in [-0.15, -0.1) is 0 Å². The number of carbonyl (C=O) groups excluding carboxylic acids is 2. The van der Waals surface area contributed by atoms with Crippen molar-refractivity contribution in [3.63, 3.8) is 0 Å². The summed E-state index contributed by atoms with van der Waals surface area (Å²) < 4.78 is 6.00. The van der Waals surface area contributed by atoms with Gasteiger partial charge < -0.3 is 9.84 Å². The molecule has 44 heavy (non-hydrogen) atoms. The molecule has 0 unspecified atom stereocenters. The summed E-state index contributed by atoms with van der Waals surface area (Å²) in [7, 11) is 0. The SMILES string of the molecule is Cc1nc(C)c(COC(=O)[C@@]2(C)CC[C@]3(C)CC[C@]4(C)C(=CC(=O)[C@@H]5[C@@]6(C)CC[C@H](O)C(C)(C)[C@@H]6CC[C@]54C)[C@@H]3C2)nc1C. The van der Waals surface area contributed by atoms with Crippen LogP contribution in [0.4, 0.5) is 0 Å². The van der Waals surface area contributed by atoms with Crippen molar-refractivity contribution in [3.05, 3.63) is 34.4 Å². The number of esters is 1. The molecule has 0 amide bonds. The number of aryl methyl sites for hydroxylation is 3. The topological polar surface area (TPSA) is 89.4 Å². The van der Waals surface area contributed by atoms with Crippen LogP contribution in [0, 0.1) is 71.0 Å². The first kappa shape index (κ1) is 31.9. The Labute approximate surface area is 265 Å². The standard InChI is InChI=1S/C38H56N2O4/c1-22-23(2)40-27(24(3)39-22)21-44-32(43)35(7)16-15-34(6)17-18-37(9)25(26(34)20-35)19-28(41)31-36(8)13-12-30(42)33(4,5)29(36)11-14-38(31,37)10/h19,26,29-31,42H,11-18,20-21H2,1-10H3/t26-,29-,30-,31+,34+,35-,36-,37+,38+/m0/s1. The maximum Gasteiger partial charge on any atom is 0.312 e. The second-order valence-corrected chi connectivity index (χ2v) is 17.6. The summed E-state index contributed by atoms with van der Waals surface area (Å²) in [6, 6.07) is 0. The highest BCUT2D eigenvalue weighted by molar-refractivity contribution is 5.95. The Morgan fingerprint density at radius 1 is 0.886 bits per heavy atom. The predicted octanol–water partition coefficient (Wildman–Crippen LogP) is 7.79. The Morgan fingerprint density at radius 3 is 2.25 bits per heavy atom. The second kappa shape index (κ2) is 9.96. The van der Waals surface area contributed by atoms with Crippen molar-refractivity contribution in [2.75, 3.05) is 0 Å². The van der Waals surface area contributed by atoms with E-state index in [9.17, 15) is 14.7 Å². The number of nitrogens with zero attached hydrogens (tertiary/aromatic N) is 2. The van der Waals surface area contributed by atoms with Crippen LogP contribution in [0.2, 0.25) is 0 Å². The molecule has 1 N–H and O–H groups in total. The van der Waals surface area contributed by atoms with Gasteiger partial charge in [0.1, 0.15) is 6.61 Å². The average molecular weight is 605 g/mol. The molecule has 242 valence electrons. The van der Waals surface area contributed by atoms with Crippen LogP contribution in [0.3, 0.4) is 0 Å². The smallest absolute Gasteiger partial charge is 0.312 e. The monoisotopic (exact) mass is 604 g/mol. The molecule has 0 aliphatic heterocycles. The molecule has 0 spiro atoms. The molecule has 4 saturated carbocycles. The fourth-order valence-corrected chi connectivity index (χ4v) is 11.6. The fraction of sp³-hybridized carbons (Fsp3) is 0.789. The second-order valence-electron chi connectivity index (χ2n) is 17.6. The van der Waals surface area contributed by atoms with Gasteiger partial charge in [0.15, 0.2) is 5.78 Å². The van der Waals surface area contributed by atoms with Crippen LogP contribution in [0.1, 0.15) is 129 Å². The first-order valence-electron chi connectivity index (χ1n) is 17.2. The van der Waals surface area contributed by atoms with Gasteiger partial charge in [0, 0.05) is 5.92 Å². The summed E-state index contributed by atoms with van der Waals surface area (Å²) in [6.45, 7) is 22.1. The molecule has 0 saturated heterocycles. The number of fused-ring (bicyclic) bond motifs is 7. The van der Waals surface area contributed by atoms with E-state index >= 15 is 0 Å². The summed E-state index contributed by atoms with van der Waals surface area (Å²) in [5, 5.41) is 11.0. The molecular weight excluding hydrogens is 548 g/mol. The van der Waals surface area contributed by atoms with Crippen LogP contribution < -0.4 is 0 Å². The fourth-order valence-electron chi connectivity index (χ4n) is 11.6. The number of aromatic nitrogens is 2. The first-order chi connectivity index (χ1) is 20.3. The van der Waals surface area contributed by atoms with Crippen molar-refractivity contribution in [3.8, 4) is 0 Å².